The maximum atomic E-state index is 5.32. The number of nitrogens with zero attached hydrogens (tertiary/aromatic N) is 2. The van der Waals surface area contributed by atoms with Gasteiger partial charge in [0, 0.05) is 37.6 Å². The van der Waals surface area contributed by atoms with Gasteiger partial charge in [-0.05, 0) is 24.6 Å². The van der Waals surface area contributed by atoms with Gasteiger partial charge in [0.2, 0.25) is 0 Å². The minimum atomic E-state index is 0. The second kappa shape index (κ2) is 11.1. The van der Waals surface area contributed by atoms with Gasteiger partial charge in [0.15, 0.2) is 17.5 Å². The summed E-state index contributed by atoms with van der Waals surface area (Å²) in [5.41, 5.74) is 1.09. The number of halogens is 1. The van der Waals surface area contributed by atoms with Crippen LogP contribution in [-0.2, 0) is 13.0 Å². The molecule has 138 valence electrons. The topological polar surface area (TPSA) is 67.8 Å². The first kappa shape index (κ1) is 21.5. The fourth-order valence-corrected chi connectivity index (χ4v) is 2.99. The number of aryl methyl sites for hydroxylation is 1. The summed E-state index contributed by atoms with van der Waals surface area (Å²) in [5, 5.41) is 7.72. The lowest BCUT2D eigenvalue weighted by molar-refractivity contribution is 0.354. The zero-order valence-corrected chi connectivity index (χ0v) is 18.1. The molecule has 0 radical (unpaired) electrons. The van der Waals surface area contributed by atoms with Crippen LogP contribution in [0.25, 0.3) is 0 Å². The first-order valence-electron chi connectivity index (χ1n) is 7.73. The van der Waals surface area contributed by atoms with Gasteiger partial charge in [-0.3, -0.25) is 4.99 Å². The van der Waals surface area contributed by atoms with Gasteiger partial charge < -0.3 is 20.1 Å². The molecule has 0 aliphatic rings. The third-order valence-corrected chi connectivity index (χ3v) is 4.40. The Morgan fingerprint density at radius 3 is 2.56 bits per heavy atom. The van der Waals surface area contributed by atoms with Crippen molar-refractivity contribution in [2.75, 3.05) is 27.8 Å². The van der Waals surface area contributed by atoms with Crippen molar-refractivity contribution in [2.45, 2.75) is 19.9 Å². The smallest absolute Gasteiger partial charge is 0.191 e. The third-order valence-electron chi connectivity index (χ3n) is 3.43. The van der Waals surface area contributed by atoms with Crippen molar-refractivity contribution in [3.05, 3.63) is 39.8 Å². The molecule has 0 bridgehead atoms. The monoisotopic (exact) mass is 476 g/mol. The van der Waals surface area contributed by atoms with Crippen molar-refractivity contribution >= 4 is 41.3 Å². The van der Waals surface area contributed by atoms with E-state index in [9.17, 15) is 0 Å². The molecule has 0 spiro atoms. The average molecular weight is 476 g/mol. The molecule has 6 nitrogen and oxygen atoms in total. The summed E-state index contributed by atoms with van der Waals surface area (Å²) in [6.07, 6.45) is 2.79. The van der Waals surface area contributed by atoms with Crippen LogP contribution in [0.2, 0.25) is 0 Å². The molecule has 2 aromatic rings. The summed E-state index contributed by atoms with van der Waals surface area (Å²) in [6.45, 7) is 3.51. The van der Waals surface area contributed by atoms with Gasteiger partial charge in [-0.2, -0.15) is 0 Å². The lowest BCUT2D eigenvalue weighted by Gasteiger charge is -2.13. The number of ether oxygens (including phenoxy) is 2. The van der Waals surface area contributed by atoms with E-state index in [-0.39, 0.29) is 24.0 Å². The van der Waals surface area contributed by atoms with Crippen LogP contribution >= 0.6 is 35.3 Å². The minimum absolute atomic E-state index is 0. The van der Waals surface area contributed by atoms with Gasteiger partial charge in [-0.25, -0.2) is 4.98 Å². The van der Waals surface area contributed by atoms with Crippen molar-refractivity contribution in [1.29, 1.82) is 0 Å². The molecule has 1 heterocycles. The van der Waals surface area contributed by atoms with Crippen LogP contribution in [0, 0.1) is 6.92 Å². The van der Waals surface area contributed by atoms with Crippen LogP contribution in [-0.4, -0.2) is 38.8 Å². The largest absolute Gasteiger partial charge is 0.493 e. The highest BCUT2D eigenvalue weighted by atomic mass is 127. The van der Waals surface area contributed by atoms with E-state index in [0.29, 0.717) is 6.54 Å². The van der Waals surface area contributed by atoms with E-state index in [1.165, 1.54) is 4.88 Å². The number of rotatable bonds is 7. The van der Waals surface area contributed by atoms with Gasteiger partial charge in [0.1, 0.15) is 0 Å². The van der Waals surface area contributed by atoms with E-state index >= 15 is 0 Å². The summed E-state index contributed by atoms with van der Waals surface area (Å²) in [7, 11) is 5.03. The van der Waals surface area contributed by atoms with Crippen molar-refractivity contribution in [1.82, 2.24) is 15.6 Å². The van der Waals surface area contributed by atoms with Crippen LogP contribution in [0.15, 0.2) is 29.4 Å². The maximum absolute atomic E-state index is 5.32. The van der Waals surface area contributed by atoms with E-state index in [2.05, 4.69) is 27.5 Å². The Morgan fingerprint density at radius 2 is 1.96 bits per heavy atom. The maximum Gasteiger partial charge on any atom is 0.191 e. The highest BCUT2D eigenvalue weighted by Gasteiger charge is 2.05. The molecule has 2 N–H and O–H groups in total. The van der Waals surface area contributed by atoms with Gasteiger partial charge >= 0.3 is 0 Å². The van der Waals surface area contributed by atoms with Gasteiger partial charge in [-0.15, -0.1) is 35.3 Å². The molecule has 0 saturated heterocycles. The van der Waals surface area contributed by atoms with E-state index < -0.39 is 0 Å². The highest BCUT2D eigenvalue weighted by Crippen LogP contribution is 2.27. The number of thiazole rings is 1. The number of nitrogens with one attached hydrogen (secondary N) is 2. The number of hydrogen-bond acceptors (Lipinski definition) is 5. The van der Waals surface area contributed by atoms with E-state index in [1.54, 1.807) is 32.6 Å². The van der Waals surface area contributed by atoms with Crippen molar-refractivity contribution < 1.29 is 9.47 Å². The SMILES string of the molecule is CN=C(NCCc1ncc(C)s1)NCc1ccc(OC)c(OC)c1.I. The Kier molecular flexibility index (Phi) is 9.58. The summed E-state index contributed by atoms with van der Waals surface area (Å²) in [6, 6.07) is 5.86. The predicted molar refractivity (Wildman–Crippen MR) is 114 cm³/mol. The Balaban J connectivity index is 0.00000312. The molecule has 0 unspecified atom stereocenters. The highest BCUT2D eigenvalue weighted by molar-refractivity contribution is 14.0. The Bertz CT molecular complexity index is 691. The van der Waals surface area contributed by atoms with Gasteiger partial charge in [0.05, 0.1) is 19.2 Å². The molecule has 0 saturated carbocycles. The second-order valence-corrected chi connectivity index (χ2v) is 6.48. The van der Waals surface area contributed by atoms with Crippen LogP contribution in [0.5, 0.6) is 11.5 Å². The molecule has 0 fully saturated rings. The molecule has 25 heavy (non-hydrogen) atoms. The summed E-state index contributed by atoms with van der Waals surface area (Å²) in [4.78, 5) is 9.83. The van der Waals surface area contributed by atoms with Crippen LogP contribution in [0.1, 0.15) is 15.4 Å². The standard InChI is InChI=1S/C17H24N4O2S.HI/c1-12-10-20-16(24-12)7-8-19-17(18-2)21-11-13-5-6-14(22-3)15(9-13)23-4;/h5-6,9-10H,7-8,11H2,1-4H3,(H2,18,19,21);1H. The first-order chi connectivity index (χ1) is 11.7. The molecule has 1 aromatic carbocycles. The number of hydrogen-bond donors (Lipinski definition) is 2. The lowest BCUT2D eigenvalue weighted by Crippen LogP contribution is -2.37. The van der Waals surface area contributed by atoms with Crippen LogP contribution in [0.4, 0.5) is 0 Å². The molecule has 1 aromatic heterocycles. The van der Waals surface area contributed by atoms with Gasteiger partial charge in [0.25, 0.3) is 0 Å². The molecule has 0 aliphatic heterocycles. The summed E-state index contributed by atoms with van der Waals surface area (Å²) in [5.74, 6) is 2.21. The number of benzene rings is 1. The normalized spacial score (nSPS) is 10.8. The Hall–Kier alpha value is -1.55. The van der Waals surface area contributed by atoms with Gasteiger partial charge in [-0.1, -0.05) is 6.07 Å². The number of aromatic nitrogens is 1. The molecule has 0 atom stereocenters. The van der Waals surface area contributed by atoms with E-state index in [4.69, 9.17) is 9.47 Å². The zero-order chi connectivity index (χ0) is 17.4. The van der Waals surface area contributed by atoms with Crippen molar-refractivity contribution in [3.63, 3.8) is 0 Å². The molecule has 0 amide bonds. The van der Waals surface area contributed by atoms with E-state index in [0.717, 1.165) is 41.0 Å². The summed E-state index contributed by atoms with van der Waals surface area (Å²) >= 11 is 1.73. The minimum Gasteiger partial charge on any atom is -0.493 e. The number of aliphatic imine (C=N–C) groups is 1. The Morgan fingerprint density at radius 1 is 1.20 bits per heavy atom. The fraction of sp³-hybridized carbons (Fsp3) is 0.412. The number of guanidine groups is 1. The van der Waals surface area contributed by atoms with Crippen LogP contribution in [0.3, 0.4) is 0 Å². The predicted octanol–water partition coefficient (Wildman–Crippen LogP) is 2.99. The second-order valence-electron chi connectivity index (χ2n) is 5.16. The first-order valence-corrected chi connectivity index (χ1v) is 8.54. The summed E-state index contributed by atoms with van der Waals surface area (Å²) < 4.78 is 10.6. The molecule has 2 rings (SSSR count). The molecule has 0 aliphatic carbocycles. The molecule has 8 heteroatoms. The molecular formula is C17H25IN4O2S. The third kappa shape index (κ3) is 6.69. The molecular weight excluding hydrogens is 451 g/mol. The van der Waals surface area contributed by atoms with Crippen molar-refractivity contribution in [3.8, 4) is 11.5 Å². The van der Waals surface area contributed by atoms with Crippen LogP contribution < -0.4 is 20.1 Å². The fourth-order valence-electron chi connectivity index (χ4n) is 2.20. The Labute approximate surface area is 170 Å². The zero-order valence-electron chi connectivity index (χ0n) is 15.0. The van der Waals surface area contributed by atoms with Crippen molar-refractivity contribution in [2.24, 2.45) is 4.99 Å². The van der Waals surface area contributed by atoms with E-state index in [1.807, 2.05) is 24.4 Å². The quantitative estimate of drug-likeness (QED) is 0.366. The number of methoxy groups -OCH3 is 2. The lowest BCUT2D eigenvalue weighted by atomic mass is 10.2. The average Bonchev–Trinajstić information content (AvgIpc) is 3.02.